The third-order valence-electron chi connectivity index (χ3n) is 7.58. The van der Waals surface area contributed by atoms with Gasteiger partial charge in [-0.25, -0.2) is 4.79 Å². The van der Waals surface area contributed by atoms with E-state index >= 15 is 0 Å². The molecular weight excluding hydrogens is 480 g/mol. The highest BCUT2D eigenvalue weighted by atomic mass is 16.5. The number of hydrogen-bond donors (Lipinski definition) is 1. The van der Waals surface area contributed by atoms with Gasteiger partial charge in [0.1, 0.15) is 11.3 Å². The second-order valence-electron chi connectivity index (χ2n) is 11.7. The fourth-order valence-corrected chi connectivity index (χ4v) is 6.05. The van der Waals surface area contributed by atoms with E-state index in [9.17, 15) is 14.7 Å². The van der Waals surface area contributed by atoms with Gasteiger partial charge in [-0.15, -0.1) is 0 Å². The number of aliphatic carboxylic acids is 1. The van der Waals surface area contributed by atoms with Crippen LogP contribution < -0.4 is 4.74 Å². The normalized spacial score (nSPS) is 25.1. The highest BCUT2D eigenvalue weighted by Gasteiger charge is 2.61. The Morgan fingerprint density at radius 2 is 2.00 bits per heavy atom. The first-order valence-corrected chi connectivity index (χ1v) is 13.2. The molecule has 2 aliphatic rings. The van der Waals surface area contributed by atoms with Gasteiger partial charge in [-0.05, 0) is 54.4 Å². The van der Waals surface area contributed by atoms with Gasteiger partial charge in [0, 0.05) is 36.3 Å². The minimum absolute atomic E-state index is 0.0372. The molecule has 4 atom stereocenters. The molecule has 1 amide bonds. The number of aromatic nitrogens is 2. The van der Waals surface area contributed by atoms with Gasteiger partial charge in [-0.2, -0.15) is 0 Å². The summed E-state index contributed by atoms with van der Waals surface area (Å²) in [5.74, 6) is -1.05. The maximum absolute atomic E-state index is 14.5. The van der Waals surface area contributed by atoms with Crippen molar-refractivity contribution in [1.29, 1.82) is 0 Å². The average molecular weight is 519 g/mol. The van der Waals surface area contributed by atoms with Crippen LogP contribution in [0.5, 0.6) is 5.75 Å². The average Bonchev–Trinajstić information content (AvgIpc) is 3.24. The predicted molar refractivity (Wildman–Crippen MR) is 147 cm³/mol. The summed E-state index contributed by atoms with van der Waals surface area (Å²) in [7, 11) is 1.59. The van der Waals surface area contributed by atoms with E-state index in [1.54, 1.807) is 48.9 Å². The lowest BCUT2D eigenvalue weighted by Gasteiger charge is -2.41. The van der Waals surface area contributed by atoms with Gasteiger partial charge in [0.2, 0.25) is 0 Å². The molecule has 8 nitrogen and oxygen atoms in total. The topological polar surface area (TPSA) is 105 Å². The summed E-state index contributed by atoms with van der Waals surface area (Å²) < 4.78 is 5.68. The summed E-state index contributed by atoms with van der Waals surface area (Å²) in [5.41, 5.74) is 0.425. The third kappa shape index (κ3) is 5.08. The fourth-order valence-electron chi connectivity index (χ4n) is 6.05. The van der Waals surface area contributed by atoms with Gasteiger partial charge in [0.25, 0.3) is 5.91 Å². The number of carboxylic acids is 1. The SMILES string of the molecule is COc1cc(C(=O)N2[C@@H](C3CC=CC=N3)[C@@H](c3cnccn3)C[C@@]2(CC(C)C)C(=O)O)ccc1C(C)(C)C. The number of aliphatic imine (C=N–C) groups is 1. The molecule has 1 aromatic carbocycles. The van der Waals surface area contributed by atoms with E-state index in [-0.39, 0.29) is 35.6 Å². The maximum atomic E-state index is 14.5. The van der Waals surface area contributed by atoms with Gasteiger partial charge in [-0.3, -0.25) is 19.8 Å². The minimum atomic E-state index is -1.43. The standard InChI is InChI=1S/C30H38N4O4/c1-19(2)16-30(28(36)37)17-21(24-18-31-13-14-33-24)26(23-9-7-8-12-32-23)34(30)27(35)20-10-11-22(29(3,4)5)25(15-20)38-6/h7-8,10-15,18-19,21,23,26H,9,16-17H2,1-6H3,(H,36,37)/t21-,23?,26-,30+/m1/s1. The molecule has 38 heavy (non-hydrogen) atoms. The maximum Gasteiger partial charge on any atom is 0.329 e. The zero-order valence-electron chi connectivity index (χ0n) is 23.1. The fraction of sp³-hybridized carbons (Fsp3) is 0.500. The van der Waals surface area contributed by atoms with E-state index in [2.05, 4.69) is 30.7 Å². The van der Waals surface area contributed by atoms with Crippen LogP contribution in [0, 0.1) is 5.92 Å². The van der Waals surface area contributed by atoms with Crippen LogP contribution in [-0.2, 0) is 10.2 Å². The molecule has 1 fully saturated rings. The van der Waals surface area contributed by atoms with Crippen LogP contribution in [0.2, 0.25) is 0 Å². The van der Waals surface area contributed by atoms with Crippen LogP contribution in [0.3, 0.4) is 0 Å². The molecule has 1 unspecified atom stereocenters. The number of carboxylic acid groups (broad SMARTS) is 1. The first kappa shape index (κ1) is 27.5. The van der Waals surface area contributed by atoms with Gasteiger partial charge >= 0.3 is 5.97 Å². The van der Waals surface area contributed by atoms with Crippen LogP contribution in [0.4, 0.5) is 0 Å². The number of carbonyl (C=O) groups is 2. The Hall–Kier alpha value is -3.55. The summed E-state index contributed by atoms with van der Waals surface area (Å²) >= 11 is 0. The number of amides is 1. The van der Waals surface area contributed by atoms with Crippen molar-refractivity contribution in [3.63, 3.8) is 0 Å². The second-order valence-corrected chi connectivity index (χ2v) is 11.7. The molecular formula is C30H38N4O4. The lowest BCUT2D eigenvalue weighted by molar-refractivity contribution is -0.150. The first-order valence-electron chi connectivity index (χ1n) is 13.2. The smallest absolute Gasteiger partial charge is 0.329 e. The van der Waals surface area contributed by atoms with E-state index in [1.165, 1.54) is 0 Å². The Bertz CT molecular complexity index is 1230. The summed E-state index contributed by atoms with van der Waals surface area (Å²) in [4.78, 5) is 42.9. The first-order chi connectivity index (χ1) is 18.0. The van der Waals surface area contributed by atoms with E-state index in [1.807, 2.05) is 32.1 Å². The van der Waals surface area contributed by atoms with Crippen molar-refractivity contribution < 1.29 is 19.4 Å². The largest absolute Gasteiger partial charge is 0.496 e. The van der Waals surface area contributed by atoms with E-state index < -0.39 is 17.6 Å². The number of benzene rings is 1. The van der Waals surface area contributed by atoms with Crippen LogP contribution in [-0.4, -0.2) is 62.8 Å². The molecule has 8 heteroatoms. The van der Waals surface area contributed by atoms with Gasteiger partial charge in [0.05, 0.1) is 24.9 Å². The van der Waals surface area contributed by atoms with Crippen LogP contribution in [0.1, 0.15) is 81.4 Å². The molecule has 0 radical (unpaired) electrons. The Kier molecular flexibility index (Phi) is 7.72. The number of nitrogens with zero attached hydrogens (tertiary/aromatic N) is 4. The van der Waals surface area contributed by atoms with Gasteiger partial charge in [-0.1, -0.05) is 46.8 Å². The van der Waals surface area contributed by atoms with Crippen molar-refractivity contribution >= 4 is 18.1 Å². The highest BCUT2D eigenvalue weighted by Crippen LogP contribution is 2.49. The molecule has 0 aliphatic carbocycles. The quantitative estimate of drug-likeness (QED) is 0.550. The summed E-state index contributed by atoms with van der Waals surface area (Å²) in [6.07, 6.45) is 11.7. The van der Waals surface area contributed by atoms with Crippen molar-refractivity contribution in [3.8, 4) is 5.75 Å². The number of hydrogen-bond acceptors (Lipinski definition) is 6. The van der Waals surface area contributed by atoms with Gasteiger partial charge in [0.15, 0.2) is 0 Å². The monoisotopic (exact) mass is 518 g/mol. The number of methoxy groups -OCH3 is 1. The molecule has 0 spiro atoms. The van der Waals surface area contributed by atoms with E-state index in [4.69, 9.17) is 9.73 Å². The number of dihydropyridines is 1. The zero-order chi connectivity index (χ0) is 27.7. The zero-order valence-corrected chi connectivity index (χ0v) is 23.1. The van der Waals surface area contributed by atoms with Crippen LogP contribution in [0.15, 0.2) is 53.9 Å². The Balaban J connectivity index is 1.91. The molecule has 2 aliphatic heterocycles. The lowest BCUT2D eigenvalue weighted by atomic mass is 9.82. The Labute approximate surface area is 224 Å². The number of allylic oxidation sites excluding steroid dienone is 1. The summed E-state index contributed by atoms with van der Waals surface area (Å²) in [6.45, 7) is 10.2. The summed E-state index contributed by atoms with van der Waals surface area (Å²) in [5, 5.41) is 10.8. The highest BCUT2D eigenvalue weighted by molar-refractivity contribution is 5.99. The molecule has 2 aromatic rings. The predicted octanol–water partition coefficient (Wildman–Crippen LogP) is 5.05. The summed E-state index contributed by atoms with van der Waals surface area (Å²) in [6, 6.07) is 4.61. The molecule has 202 valence electrons. The Morgan fingerprint density at radius 1 is 1.24 bits per heavy atom. The number of ether oxygens (including phenoxy) is 1. The van der Waals surface area contributed by atoms with Crippen molar-refractivity contribution in [3.05, 3.63) is 65.8 Å². The van der Waals surface area contributed by atoms with Crippen molar-refractivity contribution in [2.75, 3.05) is 7.11 Å². The van der Waals surface area contributed by atoms with Gasteiger partial charge < -0.3 is 14.7 Å². The second kappa shape index (κ2) is 10.7. The molecule has 1 saturated heterocycles. The van der Waals surface area contributed by atoms with E-state index in [0.29, 0.717) is 29.8 Å². The van der Waals surface area contributed by atoms with Crippen molar-refractivity contribution in [2.45, 2.75) is 82.8 Å². The Morgan fingerprint density at radius 3 is 2.55 bits per heavy atom. The van der Waals surface area contributed by atoms with Crippen LogP contribution in [0.25, 0.3) is 0 Å². The van der Waals surface area contributed by atoms with Crippen LogP contribution >= 0.6 is 0 Å². The molecule has 1 N–H and O–H groups in total. The third-order valence-corrected chi connectivity index (χ3v) is 7.58. The molecule has 3 heterocycles. The number of likely N-dealkylation sites (tertiary alicyclic amines) is 1. The van der Waals surface area contributed by atoms with Crippen molar-refractivity contribution in [2.24, 2.45) is 10.9 Å². The lowest BCUT2D eigenvalue weighted by Crippen LogP contribution is -2.58. The molecule has 1 aromatic heterocycles. The number of rotatable bonds is 7. The minimum Gasteiger partial charge on any atom is -0.496 e. The molecule has 4 rings (SSSR count). The van der Waals surface area contributed by atoms with Crippen molar-refractivity contribution in [1.82, 2.24) is 14.9 Å². The molecule has 0 saturated carbocycles. The molecule has 0 bridgehead atoms. The van der Waals surface area contributed by atoms with E-state index in [0.717, 1.165) is 5.56 Å². The number of carbonyl (C=O) groups excluding carboxylic acids is 1.